The summed E-state index contributed by atoms with van der Waals surface area (Å²) in [5.74, 6) is 0.577. The average molecular weight is 294 g/mol. The Hall–Kier alpha value is -1.96. The van der Waals surface area contributed by atoms with E-state index in [4.69, 9.17) is 0 Å². The van der Waals surface area contributed by atoms with Crippen LogP contribution >= 0.6 is 11.3 Å². The predicted molar refractivity (Wildman–Crippen MR) is 77.9 cm³/mol. The minimum Gasteiger partial charge on any atom is -0.365 e. The summed E-state index contributed by atoms with van der Waals surface area (Å²) in [5, 5.41) is 12.5. The molecule has 2 aromatic rings. The first-order valence-electron chi connectivity index (χ1n) is 6.51. The maximum atomic E-state index is 12.2. The highest BCUT2D eigenvalue weighted by Crippen LogP contribution is 2.17. The van der Waals surface area contributed by atoms with Crippen molar-refractivity contribution in [2.24, 2.45) is 0 Å². The van der Waals surface area contributed by atoms with Crippen molar-refractivity contribution in [1.82, 2.24) is 25.1 Å². The fraction of sp³-hybridized carbons (Fsp3) is 0.500. The molecule has 0 saturated carbocycles. The van der Waals surface area contributed by atoms with E-state index in [-0.39, 0.29) is 11.9 Å². The zero-order valence-corrected chi connectivity index (χ0v) is 12.6. The third-order valence-corrected chi connectivity index (χ3v) is 3.78. The van der Waals surface area contributed by atoms with E-state index < -0.39 is 0 Å². The highest BCUT2D eigenvalue weighted by molar-refractivity contribution is 7.13. The van der Waals surface area contributed by atoms with Crippen LogP contribution in [-0.2, 0) is 6.54 Å². The van der Waals surface area contributed by atoms with Crippen LogP contribution in [0.15, 0.2) is 11.7 Å². The van der Waals surface area contributed by atoms with Gasteiger partial charge in [0.05, 0.1) is 6.04 Å². The van der Waals surface area contributed by atoms with Crippen LogP contribution in [0.1, 0.15) is 42.6 Å². The molecule has 0 radical (unpaired) electrons. The Kier molecular flexibility index (Phi) is 4.67. The van der Waals surface area contributed by atoms with Crippen molar-refractivity contribution in [2.75, 3.05) is 12.4 Å². The third-order valence-electron chi connectivity index (χ3n) is 2.92. The Morgan fingerprint density at radius 2 is 2.30 bits per heavy atom. The van der Waals surface area contributed by atoms with Crippen molar-refractivity contribution in [3.63, 3.8) is 0 Å². The number of thiazole rings is 1. The van der Waals surface area contributed by atoms with Crippen molar-refractivity contribution in [2.45, 2.75) is 32.9 Å². The summed E-state index contributed by atoms with van der Waals surface area (Å²) in [7, 11) is 1.78. The molecule has 0 bridgehead atoms. The molecule has 2 heterocycles. The molecule has 108 valence electrons. The van der Waals surface area contributed by atoms with Crippen molar-refractivity contribution in [3.05, 3.63) is 23.2 Å². The SMILES string of the molecule is CC[C@H](NC(=O)c1csc(NC)n1)c1ncnn1CC. The molecule has 8 heteroatoms. The van der Waals surface area contributed by atoms with Crippen molar-refractivity contribution < 1.29 is 4.79 Å². The van der Waals surface area contributed by atoms with E-state index >= 15 is 0 Å². The predicted octanol–water partition coefficient (Wildman–Crippen LogP) is 1.68. The largest absolute Gasteiger partial charge is 0.365 e. The standard InChI is InChI=1S/C12H18N6OS/c1-4-8(10-14-7-15-18(10)5-2)16-11(19)9-6-20-12(13-3)17-9/h6-8H,4-5H2,1-3H3,(H,13,17)(H,16,19)/t8-/m0/s1. The van der Waals surface area contributed by atoms with Gasteiger partial charge in [-0.3, -0.25) is 4.79 Å². The van der Waals surface area contributed by atoms with Gasteiger partial charge in [0.15, 0.2) is 5.13 Å². The molecule has 0 unspecified atom stereocenters. The van der Waals surface area contributed by atoms with Crippen LogP contribution in [0.25, 0.3) is 0 Å². The molecular weight excluding hydrogens is 276 g/mol. The first-order chi connectivity index (χ1) is 9.69. The topological polar surface area (TPSA) is 84.7 Å². The molecule has 1 atom stereocenters. The molecule has 20 heavy (non-hydrogen) atoms. The number of anilines is 1. The molecule has 0 spiro atoms. The number of nitrogens with zero attached hydrogens (tertiary/aromatic N) is 4. The maximum absolute atomic E-state index is 12.2. The highest BCUT2D eigenvalue weighted by atomic mass is 32.1. The minimum absolute atomic E-state index is 0.162. The molecule has 2 N–H and O–H groups in total. The first kappa shape index (κ1) is 14.4. The lowest BCUT2D eigenvalue weighted by Gasteiger charge is -2.16. The second-order valence-corrected chi connectivity index (χ2v) is 5.01. The van der Waals surface area contributed by atoms with E-state index in [9.17, 15) is 4.79 Å². The van der Waals surface area contributed by atoms with Crippen LogP contribution in [0, 0.1) is 0 Å². The summed E-state index contributed by atoms with van der Waals surface area (Å²) >= 11 is 1.40. The zero-order chi connectivity index (χ0) is 14.5. The summed E-state index contributed by atoms with van der Waals surface area (Å²) in [6, 6.07) is -0.162. The summed E-state index contributed by atoms with van der Waals surface area (Å²) < 4.78 is 1.79. The van der Waals surface area contributed by atoms with Gasteiger partial charge in [0.25, 0.3) is 5.91 Å². The second-order valence-electron chi connectivity index (χ2n) is 4.16. The van der Waals surface area contributed by atoms with Gasteiger partial charge >= 0.3 is 0 Å². The van der Waals surface area contributed by atoms with E-state index in [1.54, 1.807) is 17.1 Å². The third kappa shape index (κ3) is 2.96. The maximum Gasteiger partial charge on any atom is 0.271 e. The number of carbonyl (C=O) groups excluding carboxylic acids is 1. The van der Waals surface area contributed by atoms with Gasteiger partial charge in [0.1, 0.15) is 17.8 Å². The number of carbonyl (C=O) groups is 1. The Labute approximate surface area is 121 Å². The van der Waals surface area contributed by atoms with Crippen LogP contribution in [0.4, 0.5) is 5.13 Å². The van der Waals surface area contributed by atoms with Gasteiger partial charge in [-0.2, -0.15) is 5.10 Å². The summed E-state index contributed by atoms with van der Waals surface area (Å²) in [4.78, 5) is 20.6. The molecule has 0 aromatic carbocycles. The molecule has 7 nitrogen and oxygen atoms in total. The van der Waals surface area contributed by atoms with E-state index in [1.807, 2.05) is 13.8 Å². The Morgan fingerprint density at radius 1 is 1.50 bits per heavy atom. The molecule has 0 aliphatic rings. The van der Waals surface area contributed by atoms with E-state index in [1.165, 1.54) is 17.7 Å². The molecule has 2 aromatic heterocycles. The number of hydrogen-bond acceptors (Lipinski definition) is 6. The van der Waals surface area contributed by atoms with Gasteiger partial charge in [-0.25, -0.2) is 14.6 Å². The van der Waals surface area contributed by atoms with Gasteiger partial charge in [0.2, 0.25) is 0 Å². The molecule has 0 saturated heterocycles. The van der Waals surface area contributed by atoms with Gasteiger partial charge in [-0.05, 0) is 13.3 Å². The van der Waals surface area contributed by atoms with Crippen LogP contribution in [0.3, 0.4) is 0 Å². The quantitative estimate of drug-likeness (QED) is 0.846. The normalized spacial score (nSPS) is 12.2. The molecule has 2 rings (SSSR count). The van der Waals surface area contributed by atoms with Crippen molar-refractivity contribution >= 4 is 22.4 Å². The highest BCUT2D eigenvalue weighted by Gasteiger charge is 2.20. The van der Waals surface area contributed by atoms with E-state index in [0.717, 1.165) is 23.9 Å². The Bertz CT molecular complexity index is 578. The number of aryl methyl sites for hydroxylation is 1. The van der Waals surface area contributed by atoms with Gasteiger partial charge in [-0.15, -0.1) is 11.3 Å². The fourth-order valence-electron chi connectivity index (χ4n) is 1.86. The van der Waals surface area contributed by atoms with Gasteiger partial charge < -0.3 is 10.6 Å². The number of nitrogens with one attached hydrogen (secondary N) is 2. The summed E-state index contributed by atoms with van der Waals surface area (Å²) in [6.07, 6.45) is 2.25. The Morgan fingerprint density at radius 3 is 2.90 bits per heavy atom. The molecular formula is C12H18N6OS. The van der Waals surface area contributed by atoms with E-state index in [2.05, 4.69) is 25.7 Å². The lowest BCUT2D eigenvalue weighted by Crippen LogP contribution is -2.30. The van der Waals surface area contributed by atoms with Crippen LogP contribution in [-0.4, -0.2) is 32.7 Å². The Balaban J connectivity index is 2.12. The molecule has 0 aliphatic carbocycles. The first-order valence-corrected chi connectivity index (χ1v) is 7.39. The molecule has 0 aliphatic heterocycles. The van der Waals surface area contributed by atoms with Crippen LogP contribution < -0.4 is 10.6 Å². The molecule has 0 fully saturated rings. The minimum atomic E-state index is -0.194. The smallest absolute Gasteiger partial charge is 0.271 e. The van der Waals surface area contributed by atoms with Gasteiger partial charge in [-0.1, -0.05) is 6.92 Å². The van der Waals surface area contributed by atoms with Crippen LogP contribution in [0.5, 0.6) is 0 Å². The van der Waals surface area contributed by atoms with Gasteiger partial charge in [0, 0.05) is 19.0 Å². The lowest BCUT2D eigenvalue weighted by atomic mass is 10.2. The molecule has 1 amide bonds. The number of amides is 1. The average Bonchev–Trinajstić information content (AvgIpc) is 3.12. The van der Waals surface area contributed by atoms with Crippen LogP contribution in [0.2, 0.25) is 0 Å². The van der Waals surface area contributed by atoms with E-state index in [0.29, 0.717) is 5.69 Å². The monoisotopic (exact) mass is 294 g/mol. The lowest BCUT2D eigenvalue weighted by molar-refractivity contribution is 0.0928. The summed E-state index contributed by atoms with van der Waals surface area (Å²) in [6.45, 7) is 4.72. The number of hydrogen-bond donors (Lipinski definition) is 2. The fourth-order valence-corrected chi connectivity index (χ4v) is 2.51. The number of rotatable bonds is 6. The van der Waals surface area contributed by atoms with Crippen molar-refractivity contribution in [1.29, 1.82) is 0 Å². The summed E-state index contributed by atoms with van der Waals surface area (Å²) in [5.41, 5.74) is 0.417. The zero-order valence-electron chi connectivity index (χ0n) is 11.8. The van der Waals surface area contributed by atoms with Crippen molar-refractivity contribution in [3.8, 4) is 0 Å². The number of aromatic nitrogens is 4. The second kappa shape index (κ2) is 6.47.